The number of rotatable bonds is 6. The van der Waals surface area contributed by atoms with Gasteiger partial charge in [-0.3, -0.25) is 4.68 Å². The molecule has 2 aromatic rings. The molecule has 1 heterocycles. The molecule has 1 aromatic heterocycles. The van der Waals surface area contributed by atoms with Gasteiger partial charge in [-0.2, -0.15) is 5.10 Å². The van der Waals surface area contributed by atoms with E-state index in [1.807, 2.05) is 4.68 Å². The van der Waals surface area contributed by atoms with Crippen LogP contribution in [0, 0.1) is 6.92 Å². The molecule has 3 nitrogen and oxygen atoms in total. The van der Waals surface area contributed by atoms with Gasteiger partial charge in [-0.25, -0.2) is 0 Å². The highest BCUT2D eigenvalue weighted by molar-refractivity contribution is 6.31. The van der Waals surface area contributed by atoms with Gasteiger partial charge in [0.25, 0.3) is 0 Å². The van der Waals surface area contributed by atoms with Crippen LogP contribution in [0.3, 0.4) is 0 Å². The van der Waals surface area contributed by atoms with Gasteiger partial charge >= 0.3 is 0 Å². The summed E-state index contributed by atoms with van der Waals surface area (Å²) in [5, 5.41) is 8.65. The largest absolute Gasteiger partial charge is 0.305 e. The lowest BCUT2D eigenvalue weighted by Gasteiger charge is -2.21. The molecule has 0 saturated heterocycles. The molecular formula is C16H22ClN3. The molecule has 20 heavy (non-hydrogen) atoms. The van der Waals surface area contributed by atoms with Crippen molar-refractivity contribution in [1.29, 1.82) is 0 Å². The van der Waals surface area contributed by atoms with Gasteiger partial charge in [-0.05, 0) is 25.5 Å². The van der Waals surface area contributed by atoms with Crippen molar-refractivity contribution < 1.29 is 0 Å². The second kappa shape index (κ2) is 6.91. The van der Waals surface area contributed by atoms with Gasteiger partial charge in [-0.1, -0.05) is 55.3 Å². The van der Waals surface area contributed by atoms with Crippen LogP contribution >= 0.6 is 11.6 Å². The van der Waals surface area contributed by atoms with Gasteiger partial charge in [0.05, 0.1) is 23.0 Å². The van der Waals surface area contributed by atoms with Crippen LogP contribution in [0.1, 0.15) is 43.1 Å². The molecule has 1 aromatic carbocycles. The summed E-state index contributed by atoms with van der Waals surface area (Å²) >= 11 is 6.38. The van der Waals surface area contributed by atoms with E-state index in [9.17, 15) is 0 Å². The highest BCUT2D eigenvalue weighted by Crippen LogP contribution is 2.29. The topological polar surface area (TPSA) is 29.9 Å². The zero-order chi connectivity index (χ0) is 14.5. The minimum atomic E-state index is 0.0847. The number of aryl methyl sites for hydroxylation is 2. The first kappa shape index (κ1) is 15.1. The Labute approximate surface area is 126 Å². The maximum absolute atomic E-state index is 6.38. The molecule has 4 heteroatoms. The normalized spacial score (nSPS) is 12.6. The van der Waals surface area contributed by atoms with Crippen LogP contribution < -0.4 is 5.32 Å². The molecule has 0 fully saturated rings. The number of halogens is 1. The smallest absolute Gasteiger partial charge is 0.0837 e. The van der Waals surface area contributed by atoms with E-state index in [2.05, 4.69) is 55.5 Å². The van der Waals surface area contributed by atoms with Crippen molar-refractivity contribution in [3.05, 3.63) is 52.3 Å². The van der Waals surface area contributed by atoms with Gasteiger partial charge in [0, 0.05) is 6.54 Å². The van der Waals surface area contributed by atoms with Crippen molar-refractivity contribution in [2.75, 3.05) is 6.54 Å². The molecule has 108 valence electrons. The number of aromatic nitrogens is 2. The van der Waals surface area contributed by atoms with Crippen LogP contribution in [0.15, 0.2) is 30.5 Å². The summed E-state index contributed by atoms with van der Waals surface area (Å²) in [7, 11) is 0. The minimum Gasteiger partial charge on any atom is -0.305 e. The van der Waals surface area contributed by atoms with E-state index in [-0.39, 0.29) is 6.04 Å². The summed E-state index contributed by atoms with van der Waals surface area (Å²) in [6.45, 7) is 8.13. The van der Waals surface area contributed by atoms with Crippen molar-refractivity contribution >= 4 is 11.6 Å². The SMILES string of the molecule is CCCn1ncc(Cl)c1C(NCC)c1cccc(C)c1. The highest BCUT2D eigenvalue weighted by atomic mass is 35.5. The van der Waals surface area contributed by atoms with Crippen LogP contribution in [0.25, 0.3) is 0 Å². The van der Waals surface area contributed by atoms with E-state index in [1.54, 1.807) is 6.20 Å². The number of hydrogen-bond donors (Lipinski definition) is 1. The average molecular weight is 292 g/mol. The molecular weight excluding hydrogens is 270 g/mol. The quantitative estimate of drug-likeness (QED) is 0.873. The van der Waals surface area contributed by atoms with Crippen LogP contribution in [-0.4, -0.2) is 16.3 Å². The fourth-order valence-corrected chi connectivity index (χ4v) is 2.73. The Balaban J connectivity index is 2.45. The molecule has 0 aliphatic heterocycles. The summed E-state index contributed by atoms with van der Waals surface area (Å²) in [4.78, 5) is 0. The molecule has 0 radical (unpaired) electrons. The average Bonchev–Trinajstić information content (AvgIpc) is 2.78. The lowest BCUT2D eigenvalue weighted by molar-refractivity contribution is 0.520. The Bertz CT molecular complexity index is 563. The number of nitrogens with one attached hydrogen (secondary N) is 1. The van der Waals surface area contributed by atoms with Crippen LogP contribution in [0.2, 0.25) is 5.02 Å². The number of nitrogens with zero attached hydrogens (tertiary/aromatic N) is 2. The third-order valence-electron chi connectivity index (χ3n) is 3.33. The van der Waals surface area contributed by atoms with E-state index in [1.165, 1.54) is 11.1 Å². The zero-order valence-corrected chi connectivity index (χ0v) is 13.1. The predicted octanol–water partition coefficient (Wildman–Crippen LogP) is 3.95. The molecule has 2 rings (SSSR count). The third-order valence-corrected chi connectivity index (χ3v) is 3.62. The maximum atomic E-state index is 6.38. The van der Waals surface area contributed by atoms with Gasteiger partial charge in [0.2, 0.25) is 0 Å². The number of benzene rings is 1. The van der Waals surface area contributed by atoms with Crippen LogP contribution in [-0.2, 0) is 6.54 Å². The second-order valence-corrected chi connectivity index (χ2v) is 5.41. The summed E-state index contributed by atoms with van der Waals surface area (Å²) in [5.74, 6) is 0. The maximum Gasteiger partial charge on any atom is 0.0837 e. The first-order chi connectivity index (χ1) is 9.67. The molecule has 1 unspecified atom stereocenters. The van der Waals surface area contributed by atoms with Gasteiger partial charge in [0.15, 0.2) is 0 Å². The van der Waals surface area contributed by atoms with Crippen molar-refractivity contribution in [3.8, 4) is 0 Å². The van der Waals surface area contributed by atoms with Crippen molar-refractivity contribution in [2.45, 2.75) is 39.8 Å². The van der Waals surface area contributed by atoms with Gasteiger partial charge in [-0.15, -0.1) is 0 Å². The monoisotopic (exact) mass is 291 g/mol. The molecule has 1 atom stereocenters. The van der Waals surface area contributed by atoms with Crippen molar-refractivity contribution in [3.63, 3.8) is 0 Å². The van der Waals surface area contributed by atoms with E-state index in [0.29, 0.717) is 0 Å². The Morgan fingerprint density at radius 3 is 2.80 bits per heavy atom. The van der Waals surface area contributed by atoms with E-state index < -0.39 is 0 Å². The molecule has 0 bridgehead atoms. The van der Waals surface area contributed by atoms with Gasteiger partial charge < -0.3 is 5.32 Å². The van der Waals surface area contributed by atoms with Crippen LogP contribution in [0.4, 0.5) is 0 Å². The highest BCUT2D eigenvalue weighted by Gasteiger charge is 2.21. The summed E-state index contributed by atoms with van der Waals surface area (Å²) in [6.07, 6.45) is 2.78. The van der Waals surface area contributed by atoms with E-state index in [4.69, 9.17) is 11.6 Å². The molecule has 0 amide bonds. The zero-order valence-electron chi connectivity index (χ0n) is 12.4. The predicted molar refractivity (Wildman–Crippen MR) is 84.2 cm³/mol. The Kier molecular flexibility index (Phi) is 5.21. The number of hydrogen-bond acceptors (Lipinski definition) is 2. The Morgan fingerprint density at radius 2 is 2.15 bits per heavy atom. The van der Waals surface area contributed by atoms with E-state index >= 15 is 0 Å². The van der Waals surface area contributed by atoms with Gasteiger partial charge in [0.1, 0.15) is 0 Å². The molecule has 0 saturated carbocycles. The lowest BCUT2D eigenvalue weighted by atomic mass is 10.0. The summed E-state index contributed by atoms with van der Waals surface area (Å²) < 4.78 is 2.01. The first-order valence-electron chi connectivity index (χ1n) is 7.18. The Hall–Kier alpha value is -1.32. The summed E-state index contributed by atoms with van der Waals surface area (Å²) in [5.41, 5.74) is 3.54. The fraction of sp³-hybridized carbons (Fsp3) is 0.438. The van der Waals surface area contributed by atoms with Crippen LogP contribution in [0.5, 0.6) is 0 Å². The lowest BCUT2D eigenvalue weighted by Crippen LogP contribution is -2.25. The van der Waals surface area contributed by atoms with Crippen molar-refractivity contribution in [2.24, 2.45) is 0 Å². The molecule has 0 spiro atoms. The standard InChI is InChI=1S/C16H22ClN3/c1-4-9-20-16(14(17)11-19-20)15(18-5-2)13-8-6-7-12(3)10-13/h6-8,10-11,15,18H,4-5,9H2,1-3H3. The summed E-state index contributed by atoms with van der Waals surface area (Å²) in [6, 6.07) is 8.62. The third kappa shape index (κ3) is 3.22. The van der Waals surface area contributed by atoms with E-state index in [0.717, 1.165) is 30.2 Å². The van der Waals surface area contributed by atoms with Crippen molar-refractivity contribution in [1.82, 2.24) is 15.1 Å². The molecule has 0 aliphatic rings. The second-order valence-electron chi connectivity index (χ2n) is 5.01. The fourth-order valence-electron chi connectivity index (χ4n) is 2.48. The molecule has 1 N–H and O–H groups in total. The Morgan fingerprint density at radius 1 is 1.35 bits per heavy atom. The minimum absolute atomic E-state index is 0.0847. The first-order valence-corrected chi connectivity index (χ1v) is 7.56. The molecule has 0 aliphatic carbocycles.